The van der Waals surface area contributed by atoms with Crippen LogP contribution in [0.1, 0.15) is 12.7 Å². The van der Waals surface area contributed by atoms with Crippen molar-refractivity contribution in [2.24, 2.45) is 0 Å². The van der Waals surface area contributed by atoms with Crippen molar-refractivity contribution in [2.75, 3.05) is 16.4 Å². The van der Waals surface area contributed by atoms with Crippen molar-refractivity contribution < 1.29 is 18.5 Å². The molecule has 1 heterocycles. The summed E-state index contributed by atoms with van der Waals surface area (Å²) in [6, 6.07) is 7.22. The Kier molecular flexibility index (Phi) is 5.75. The molecule has 0 bridgehead atoms. The summed E-state index contributed by atoms with van der Waals surface area (Å²) in [5, 5.41) is 8.38. The standard InChI is InChI=1S/C15H16FN3O3S/c1-9-6-13(19-22-9)18-15(21)10(2)23-8-14(20)17-12-5-3-4-11(16)7-12/h3-7,10H,8H2,1-2H3,(H,17,20)(H,18,19,21)/t10-/m0/s1. The number of aryl methyl sites for hydroxylation is 1. The van der Waals surface area contributed by atoms with E-state index in [0.717, 1.165) is 0 Å². The normalized spacial score (nSPS) is 11.8. The first kappa shape index (κ1) is 17.0. The molecule has 2 aromatic rings. The van der Waals surface area contributed by atoms with Gasteiger partial charge in [-0.3, -0.25) is 9.59 Å². The van der Waals surface area contributed by atoms with E-state index in [1.807, 2.05) is 0 Å². The number of hydrogen-bond acceptors (Lipinski definition) is 5. The van der Waals surface area contributed by atoms with Gasteiger partial charge in [-0.2, -0.15) is 0 Å². The van der Waals surface area contributed by atoms with Crippen molar-refractivity contribution >= 4 is 35.1 Å². The first-order valence-electron chi connectivity index (χ1n) is 6.85. The molecule has 2 N–H and O–H groups in total. The molecule has 2 rings (SSSR count). The van der Waals surface area contributed by atoms with Crippen LogP contribution in [0.5, 0.6) is 0 Å². The lowest BCUT2D eigenvalue weighted by molar-refractivity contribution is -0.115. The van der Waals surface area contributed by atoms with E-state index >= 15 is 0 Å². The fraction of sp³-hybridized carbons (Fsp3) is 0.267. The number of nitrogens with zero attached hydrogens (tertiary/aromatic N) is 1. The van der Waals surface area contributed by atoms with E-state index in [2.05, 4.69) is 15.8 Å². The van der Waals surface area contributed by atoms with Gasteiger partial charge < -0.3 is 15.2 Å². The molecule has 6 nitrogen and oxygen atoms in total. The van der Waals surface area contributed by atoms with Crippen LogP contribution < -0.4 is 10.6 Å². The van der Waals surface area contributed by atoms with Crippen molar-refractivity contribution in [2.45, 2.75) is 19.1 Å². The molecule has 0 fully saturated rings. The van der Waals surface area contributed by atoms with E-state index in [-0.39, 0.29) is 17.6 Å². The number of thioether (sulfide) groups is 1. The van der Waals surface area contributed by atoms with E-state index in [9.17, 15) is 14.0 Å². The monoisotopic (exact) mass is 337 g/mol. The Morgan fingerprint density at radius 1 is 1.35 bits per heavy atom. The molecule has 2 amide bonds. The topological polar surface area (TPSA) is 84.2 Å². The maximum absolute atomic E-state index is 13.0. The van der Waals surface area contributed by atoms with Crippen molar-refractivity contribution in [1.29, 1.82) is 0 Å². The lowest BCUT2D eigenvalue weighted by atomic mass is 10.3. The molecule has 0 saturated carbocycles. The second-order valence-corrected chi connectivity index (χ2v) is 6.15. The van der Waals surface area contributed by atoms with Gasteiger partial charge in [-0.05, 0) is 32.0 Å². The summed E-state index contributed by atoms with van der Waals surface area (Å²) in [6.07, 6.45) is 0. The second-order valence-electron chi connectivity index (χ2n) is 4.82. The summed E-state index contributed by atoms with van der Waals surface area (Å²) in [7, 11) is 0. The van der Waals surface area contributed by atoms with Crippen molar-refractivity contribution in [3.8, 4) is 0 Å². The number of amides is 2. The maximum Gasteiger partial charge on any atom is 0.238 e. The van der Waals surface area contributed by atoms with Gasteiger partial charge in [0.2, 0.25) is 11.8 Å². The van der Waals surface area contributed by atoms with Gasteiger partial charge in [0.25, 0.3) is 0 Å². The number of anilines is 2. The Bertz CT molecular complexity index is 705. The first-order chi connectivity index (χ1) is 10.9. The molecule has 0 aliphatic heterocycles. The molecule has 1 atom stereocenters. The Morgan fingerprint density at radius 2 is 2.13 bits per heavy atom. The fourth-order valence-corrected chi connectivity index (χ4v) is 2.38. The zero-order valence-corrected chi connectivity index (χ0v) is 13.4. The highest BCUT2D eigenvalue weighted by atomic mass is 32.2. The van der Waals surface area contributed by atoms with Crippen LogP contribution in [0.2, 0.25) is 0 Å². The van der Waals surface area contributed by atoms with Crippen LogP contribution in [0.3, 0.4) is 0 Å². The van der Waals surface area contributed by atoms with Gasteiger partial charge in [-0.15, -0.1) is 11.8 Å². The van der Waals surface area contributed by atoms with E-state index in [4.69, 9.17) is 4.52 Å². The summed E-state index contributed by atoms with van der Waals surface area (Å²) in [6.45, 7) is 3.40. The van der Waals surface area contributed by atoms with E-state index in [1.54, 1.807) is 26.0 Å². The molecule has 0 aliphatic rings. The minimum Gasteiger partial charge on any atom is -0.360 e. The molecular weight excluding hydrogens is 321 g/mol. The molecule has 8 heteroatoms. The van der Waals surface area contributed by atoms with Gasteiger partial charge in [0, 0.05) is 11.8 Å². The number of halogens is 1. The third kappa shape index (κ3) is 5.41. The Labute approximate surface area is 136 Å². The molecule has 1 aromatic heterocycles. The number of nitrogens with one attached hydrogen (secondary N) is 2. The molecule has 0 spiro atoms. The molecule has 122 valence electrons. The van der Waals surface area contributed by atoms with E-state index < -0.39 is 11.1 Å². The van der Waals surface area contributed by atoms with Crippen LogP contribution in [0, 0.1) is 12.7 Å². The van der Waals surface area contributed by atoms with Crippen LogP contribution in [-0.4, -0.2) is 28.0 Å². The summed E-state index contributed by atoms with van der Waals surface area (Å²) < 4.78 is 17.9. The number of benzene rings is 1. The minimum absolute atomic E-state index is 0.0724. The van der Waals surface area contributed by atoms with Gasteiger partial charge in [0.05, 0.1) is 11.0 Å². The third-order valence-corrected chi connectivity index (χ3v) is 3.96. The van der Waals surface area contributed by atoms with Crippen LogP contribution in [0.15, 0.2) is 34.9 Å². The van der Waals surface area contributed by atoms with Crippen molar-refractivity contribution in [3.63, 3.8) is 0 Å². The smallest absolute Gasteiger partial charge is 0.238 e. The Hall–Kier alpha value is -2.35. The van der Waals surface area contributed by atoms with Crippen molar-refractivity contribution in [3.05, 3.63) is 41.9 Å². The zero-order valence-electron chi connectivity index (χ0n) is 12.6. The van der Waals surface area contributed by atoms with Crippen molar-refractivity contribution in [1.82, 2.24) is 5.16 Å². The summed E-state index contributed by atoms with van der Waals surface area (Å²) in [5.74, 6) is -0.00659. The number of carbonyl (C=O) groups excluding carboxylic acids is 2. The molecule has 0 saturated heterocycles. The van der Waals surface area contributed by atoms with Gasteiger partial charge in [-0.1, -0.05) is 11.2 Å². The predicted molar refractivity (Wildman–Crippen MR) is 86.8 cm³/mol. The lowest BCUT2D eigenvalue weighted by Gasteiger charge is -2.10. The number of carbonyl (C=O) groups is 2. The summed E-state index contributed by atoms with van der Waals surface area (Å²) >= 11 is 1.17. The van der Waals surface area contributed by atoms with Crippen LogP contribution >= 0.6 is 11.8 Å². The minimum atomic E-state index is -0.453. The summed E-state index contributed by atoms with van der Waals surface area (Å²) in [4.78, 5) is 23.7. The summed E-state index contributed by atoms with van der Waals surface area (Å²) in [5.41, 5.74) is 0.380. The molecular formula is C15H16FN3O3S. The SMILES string of the molecule is Cc1cc(NC(=O)[C@H](C)SCC(=O)Nc2cccc(F)c2)no1. The largest absolute Gasteiger partial charge is 0.360 e. The average molecular weight is 337 g/mol. The first-order valence-corrected chi connectivity index (χ1v) is 7.90. The number of hydrogen-bond donors (Lipinski definition) is 2. The van der Waals surface area contributed by atoms with Gasteiger partial charge in [0.1, 0.15) is 11.6 Å². The third-order valence-electron chi connectivity index (χ3n) is 2.82. The predicted octanol–water partition coefficient (Wildman–Crippen LogP) is 2.82. The molecule has 0 unspecified atom stereocenters. The van der Waals surface area contributed by atoms with Crippen LogP contribution in [0.4, 0.5) is 15.9 Å². The van der Waals surface area contributed by atoms with Crippen LogP contribution in [-0.2, 0) is 9.59 Å². The molecule has 1 aromatic carbocycles. The molecule has 0 aliphatic carbocycles. The van der Waals surface area contributed by atoms with Gasteiger partial charge in [-0.25, -0.2) is 4.39 Å². The lowest BCUT2D eigenvalue weighted by Crippen LogP contribution is -2.25. The van der Waals surface area contributed by atoms with Gasteiger partial charge in [0.15, 0.2) is 5.82 Å². The Morgan fingerprint density at radius 3 is 2.78 bits per heavy atom. The highest BCUT2D eigenvalue weighted by Crippen LogP contribution is 2.15. The average Bonchev–Trinajstić information content (AvgIpc) is 2.90. The highest BCUT2D eigenvalue weighted by molar-refractivity contribution is 8.01. The van der Waals surface area contributed by atoms with Gasteiger partial charge >= 0.3 is 0 Å². The van der Waals surface area contributed by atoms with E-state index in [0.29, 0.717) is 17.3 Å². The number of aromatic nitrogens is 1. The van der Waals surface area contributed by atoms with Crippen LogP contribution in [0.25, 0.3) is 0 Å². The number of rotatable bonds is 6. The van der Waals surface area contributed by atoms with E-state index in [1.165, 1.54) is 30.0 Å². The highest BCUT2D eigenvalue weighted by Gasteiger charge is 2.16. The second kappa shape index (κ2) is 7.77. The Balaban J connectivity index is 1.77. The quantitative estimate of drug-likeness (QED) is 0.847. The molecule has 23 heavy (non-hydrogen) atoms. The zero-order chi connectivity index (χ0) is 16.8. The maximum atomic E-state index is 13.0. The molecule has 0 radical (unpaired) electrons. The fourth-order valence-electron chi connectivity index (χ4n) is 1.69.